The number of para-hydroxylation sites is 1. The summed E-state index contributed by atoms with van der Waals surface area (Å²) >= 11 is 1.31. The molecule has 0 unspecified atom stereocenters. The van der Waals surface area contributed by atoms with Crippen LogP contribution < -0.4 is 10.6 Å². The average molecular weight is 327 g/mol. The zero-order valence-electron chi connectivity index (χ0n) is 12.3. The fourth-order valence-corrected chi connectivity index (χ4v) is 2.72. The van der Waals surface area contributed by atoms with Gasteiger partial charge in [-0.3, -0.25) is 5.32 Å². The quantitative estimate of drug-likeness (QED) is 0.719. The molecule has 0 aliphatic carbocycles. The third-order valence-corrected chi connectivity index (χ3v) is 3.95. The summed E-state index contributed by atoms with van der Waals surface area (Å²) in [6.45, 7) is 2.02. The smallest absolute Gasteiger partial charge is 0.305 e. The first-order chi connectivity index (χ1) is 11.1. The fraction of sp³-hybridized carbons (Fsp3) is 0.0588. The lowest BCUT2D eigenvalue weighted by Crippen LogP contribution is -2.19. The molecular weight excluding hydrogens is 313 g/mol. The lowest BCUT2D eigenvalue weighted by molar-refractivity contribution is 0.262. The SMILES string of the molecule is Cc1ccc(-c2csc(NC(=O)Nc3ccccc3F)n2)cc1. The van der Waals surface area contributed by atoms with Crippen molar-refractivity contribution < 1.29 is 9.18 Å². The maximum Gasteiger partial charge on any atom is 0.325 e. The van der Waals surface area contributed by atoms with Gasteiger partial charge in [-0.1, -0.05) is 42.0 Å². The number of carbonyl (C=O) groups is 1. The van der Waals surface area contributed by atoms with Crippen LogP contribution in [0.25, 0.3) is 11.3 Å². The van der Waals surface area contributed by atoms with Gasteiger partial charge in [0, 0.05) is 10.9 Å². The highest BCUT2D eigenvalue weighted by Crippen LogP contribution is 2.25. The molecule has 2 N–H and O–H groups in total. The summed E-state index contributed by atoms with van der Waals surface area (Å²) in [6.07, 6.45) is 0. The molecule has 0 radical (unpaired) electrons. The summed E-state index contributed by atoms with van der Waals surface area (Å²) in [7, 11) is 0. The summed E-state index contributed by atoms with van der Waals surface area (Å²) in [6, 6.07) is 13.4. The molecule has 0 fully saturated rings. The molecule has 0 spiro atoms. The Morgan fingerprint density at radius 3 is 2.57 bits per heavy atom. The van der Waals surface area contributed by atoms with Crippen LogP contribution in [0.3, 0.4) is 0 Å². The van der Waals surface area contributed by atoms with Gasteiger partial charge in [-0.15, -0.1) is 11.3 Å². The summed E-state index contributed by atoms with van der Waals surface area (Å²) < 4.78 is 13.5. The average Bonchev–Trinajstić information content (AvgIpc) is 2.98. The van der Waals surface area contributed by atoms with Crippen LogP contribution in [0, 0.1) is 12.7 Å². The number of aryl methyl sites for hydroxylation is 1. The molecule has 0 aliphatic rings. The summed E-state index contributed by atoms with van der Waals surface area (Å²) in [4.78, 5) is 16.3. The second-order valence-electron chi connectivity index (χ2n) is 4.96. The van der Waals surface area contributed by atoms with E-state index in [0.29, 0.717) is 5.13 Å². The molecule has 2 aromatic carbocycles. The molecule has 23 heavy (non-hydrogen) atoms. The molecule has 6 heteroatoms. The van der Waals surface area contributed by atoms with Crippen LogP contribution in [0.15, 0.2) is 53.9 Å². The topological polar surface area (TPSA) is 54.0 Å². The molecule has 0 atom stereocenters. The Morgan fingerprint density at radius 2 is 1.83 bits per heavy atom. The van der Waals surface area contributed by atoms with Crippen LogP contribution in [-0.2, 0) is 0 Å². The number of carbonyl (C=O) groups excluding carboxylic acids is 1. The summed E-state index contributed by atoms with van der Waals surface area (Å²) in [5.41, 5.74) is 3.07. The van der Waals surface area contributed by atoms with E-state index in [2.05, 4.69) is 15.6 Å². The van der Waals surface area contributed by atoms with Gasteiger partial charge in [-0.25, -0.2) is 14.2 Å². The third-order valence-electron chi connectivity index (χ3n) is 3.19. The minimum Gasteiger partial charge on any atom is -0.305 e. The first-order valence-corrected chi connectivity index (χ1v) is 7.85. The number of rotatable bonds is 3. The minimum atomic E-state index is -0.528. The van der Waals surface area contributed by atoms with Crippen molar-refractivity contribution in [3.05, 3.63) is 65.3 Å². The first kappa shape index (κ1) is 15.2. The monoisotopic (exact) mass is 327 g/mol. The van der Waals surface area contributed by atoms with Crippen LogP contribution in [-0.4, -0.2) is 11.0 Å². The van der Waals surface area contributed by atoms with Gasteiger partial charge in [0.05, 0.1) is 11.4 Å². The Hall–Kier alpha value is -2.73. The number of anilines is 2. The van der Waals surface area contributed by atoms with Crippen LogP contribution in [0.1, 0.15) is 5.56 Å². The maximum absolute atomic E-state index is 13.5. The summed E-state index contributed by atoms with van der Waals surface area (Å²) in [5, 5.41) is 7.38. The van der Waals surface area contributed by atoms with E-state index in [4.69, 9.17) is 0 Å². The van der Waals surface area contributed by atoms with E-state index >= 15 is 0 Å². The Labute approximate surface area is 137 Å². The van der Waals surface area contributed by atoms with Gasteiger partial charge in [0.2, 0.25) is 0 Å². The Kier molecular flexibility index (Phi) is 4.34. The van der Waals surface area contributed by atoms with E-state index in [-0.39, 0.29) is 5.69 Å². The molecule has 4 nitrogen and oxygen atoms in total. The highest BCUT2D eigenvalue weighted by molar-refractivity contribution is 7.14. The molecule has 3 aromatic rings. The van der Waals surface area contributed by atoms with Crippen molar-refractivity contribution >= 4 is 28.2 Å². The van der Waals surface area contributed by atoms with Crippen molar-refractivity contribution in [2.75, 3.05) is 10.6 Å². The van der Waals surface area contributed by atoms with Crippen LogP contribution >= 0.6 is 11.3 Å². The number of hydrogen-bond donors (Lipinski definition) is 2. The Bertz CT molecular complexity index is 830. The lowest BCUT2D eigenvalue weighted by atomic mass is 10.1. The zero-order valence-corrected chi connectivity index (χ0v) is 13.2. The largest absolute Gasteiger partial charge is 0.325 e. The predicted octanol–water partition coefficient (Wildman–Crippen LogP) is 4.90. The van der Waals surface area contributed by atoms with Crippen LogP contribution in [0.4, 0.5) is 20.0 Å². The maximum atomic E-state index is 13.5. The number of nitrogens with one attached hydrogen (secondary N) is 2. The second kappa shape index (κ2) is 6.58. The molecule has 2 amide bonds. The number of hydrogen-bond acceptors (Lipinski definition) is 3. The van der Waals surface area contributed by atoms with Gasteiger partial charge in [-0.2, -0.15) is 0 Å². The number of thiazole rings is 1. The van der Waals surface area contributed by atoms with Gasteiger partial charge < -0.3 is 5.32 Å². The molecule has 1 heterocycles. The predicted molar refractivity (Wildman–Crippen MR) is 91.3 cm³/mol. The number of aromatic nitrogens is 1. The van der Waals surface area contributed by atoms with Crippen molar-refractivity contribution in [1.82, 2.24) is 4.98 Å². The molecule has 0 saturated heterocycles. The molecule has 0 bridgehead atoms. The van der Waals surface area contributed by atoms with Gasteiger partial charge in [0.25, 0.3) is 0 Å². The Balaban J connectivity index is 1.68. The van der Waals surface area contributed by atoms with Crippen molar-refractivity contribution in [3.63, 3.8) is 0 Å². The normalized spacial score (nSPS) is 10.3. The van der Waals surface area contributed by atoms with E-state index in [1.54, 1.807) is 12.1 Å². The highest BCUT2D eigenvalue weighted by Gasteiger charge is 2.09. The number of halogens is 1. The molecule has 0 aliphatic heterocycles. The number of nitrogens with zero attached hydrogens (tertiary/aromatic N) is 1. The third kappa shape index (κ3) is 3.73. The van der Waals surface area contributed by atoms with E-state index < -0.39 is 11.8 Å². The minimum absolute atomic E-state index is 0.125. The Morgan fingerprint density at radius 1 is 1.09 bits per heavy atom. The van der Waals surface area contributed by atoms with E-state index in [9.17, 15) is 9.18 Å². The standard InChI is InChI=1S/C17H14FN3OS/c1-11-6-8-12(9-7-11)15-10-23-17(20-15)21-16(22)19-14-5-3-2-4-13(14)18/h2-10H,1H3,(H2,19,20,21,22). The van der Waals surface area contributed by atoms with Crippen molar-refractivity contribution in [3.8, 4) is 11.3 Å². The van der Waals surface area contributed by atoms with E-state index in [0.717, 1.165) is 11.3 Å². The van der Waals surface area contributed by atoms with Gasteiger partial charge in [0.1, 0.15) is 5.82 Å². The van der Waals surface area contributed by atoms with Crippen molar-refractivity contribution in [2.24, 2.45) is 0 Å². The number of benzene rings is 2. The van der Waals surface area contributed by atoms with E-state index in [1.807, 2.05) is 36.6 Å². The second-order valence-corrected chi connectivity index (χ2v) is 5.82. The van der Waals surface area contributed by atoms with Gasteiger partial charge in [-0.05, 0) is 19.1 Å². The molecule has 1 aromatic heterocycles. The highest BCUT2D eigenvalue weighted by atomic mass is 32.1. The van der Waals surface area contributed by atoms with Gasteiger partial charge >= 0.3 is 6.03 Å². The molecule has 0 saturated carbocycles. The fourth-order valence-electron chi connectivity index (χ4n) is 2.00. The molecule has 116 valence electrons. The van der Waals surface area contributed by atoms with Crippen molar-refractivity contribution in [1.29, 1.82) is 0 Å². The lowest BCUT2D eigenvalue weighted by Gasteiger charge is -2.05. The number of amides is 2. The van der Waals surface area contributed by atoms with Crippen molar-refractivity contribution in [2.45, 2.75) is 6.92 Å². The van der Waals surface area contributed by atoms with E-state index in [1.165, 1.54) is 29.0 Å². The molecular formula is C17H14FN3OS. The summed E-state index contributed by atoms with van der Waals surface area (Å²) in [5.74, 6) is -0.484. The van der Waals surface area contributed by atoms with Gasteiger partial charge in [0.15, 0.2) is 5.13 Å². The van der Waals surface area contributed by atoms with Crippen LogP contribution in [0.5, 0.6) is 0 Å². The number of urea groups is 1. The van der Waals surface area contributed by atoms with Crippen LogP contribution in [0.2, 0.25) is 0 Å². The zero-order chi connectivity index (χ0) is 16.2. The molecule has 3 rings (SSSR count). The first-order valence-electron chi connectivity index (χ1n) is 6.97.